The second kappa shape index (κ2) is 17.0. The van der Waals surface area contributed by atoms with Gasteiger partial charge in [0.2, 0.25) is 11.2 Å². The molecule has 0 bridgehead atoms. The van der Waals surface area contributed by atoms with E-state index in [0.717, 1.165) is 24.9 Å². The quantitative estimate of drug-likeness (QED) is 0.218. The number of aromatic nitrogens is 1. The molecule has 2 rings (SSSR count). The molecule has 0 aliphatic rings. The van der Waals surface area contributed by atoms with Crippen LogP contribution >= 0.6 is 0 Å². The first-order valence-corrected chi connectivity index (χ1v) is 13.1. The Morgan fingerprint density at radius 3 is 1.88 bits per heavy atom. The van der Waals surface area contributed by atoms with Gasteiger partial charge in [0.25, 0.3) is 0 Å². The minimum absolute atomic E-state index is 0.161. The molecule has 0 fully saturated rings. The van der Waals surface area contributed by atoms with Gasteiger partial charge in [-0.05, 0) is 12.0 Å². The summed E-state index contributed by atoms with van der Waals surface area (Å²) in [6.07, 6.45) is 20.2. The summed E-state index contributed by atoms with van der Waals surface area (Å²) in [6, 6.07) is 13.4. The lowest BCUT2D eigenvalue weighted by Gasteiger charge is -2.13. The van der Waals surface area contributed by atoms with Gasteiger partial charge in [-0.2, -0.15) is 5.26 Å². The zero-order valence-corrected chi connectivity index (χ0v) is 20.6. The van der Waals surface area contributed by atoms with E-state index < -0.39 is 0 Å². The van der Waals surface area contributed by atoms with Gasteiger partial charge in [-0.15, -0.1) is 0 Å². The van der Waals surface area contributed by atoms with E-state index in [9.17, 15) is 10.1 Å². The van der Waals surface area contributed by atoms with Gasteiger partial charge in [-0.3, -0.25) is 4.79 Å². The molecule has 0 spiro atoms. The summed E-state index contributed by atoms with van der Waals surface area (Å²) in [5.74, 6) is 0.161. The molecule has 33 heavy (non-hydrogen) atoms. The lowest BCUT2D eigenvalue weighted by Crippen LogP contribution is -2.15. The van der Waals surface area contributed by atoms with Gasteiger partial charge < -0.3 is 9.30 Å². The van der Waals surface area contributed by atoms with E-state index in [1.807, 2.05) is 34.9 Å². The number of nitrogens with zero attached hydrogens (tertiary/aromatic N) is 2. The molecule has 4 heteroatoms. The van der Waals surface area contributed by atoms with Gasteiger partial charge in [-0.25, -0.2) is 0 Å². The van der Waals surface area contributed by atoms with Crippen molar-refractivity contribution in [2.24, 2.45) is 0 Å². The molecule has 0 saturated heterocycles. The summed E-state index contributed by atoms with van der Waals surface area (Å²) in [5, 5.41) is 9.65. The molecule has 180 valence electrons. The number of rotatable bonds is 18. The SMILES string of the molecule is CCCCCCCCCCCCCCCCn1ccc(=O)c(OCc2ccccc2)c1C#N. The Hall–Kier alpha value is -2.54. The van der Waals surface area contributed by atoms with Crippen molar-refractivity contribution in [2.75, 3.05) is 0 Å². The summed E-state index contributed by atoms with van der Waals surface area (Å²) in [5.41, 5.74) is 1.07. The van der Waals surface area contributed by atoms with Crippen LogP contribution in [0.2, 0.25) is 0 Å². The van der Waals surface area contributed by atoms with Crippen molar-refractivity contribution in [3.05, 3.63) is 64.1 Å². The van der Waals surface area contributed by atoms with E-state index in [1.165, 1.54) is 83.1 Å². The number of benzene rings is 1. The third-order valence-electron chi connectivity index (χ3n) is 6.22. The number of nitriles is 1. The van der Waals surface area contributed by atoms with Crippen LogP contribution in [0.4, 0.5) is 0 Å². The van der Waals surface area contributed by atoms with Crippen molar-refractivity contribution < 1.29 is 4.74 Å². The molecule has 1 aromatic carbocycles. The van der Waals surface area contributed by atoms with Crippen LogP contribution in [0, 0.1) is 11.3 Å². The summed E-state index contributed by atoms with van der Waals surface area (Å²) in [4.78, 5) is 12.3. The van der Waals surface area contributed by atoms with E-state index >= 15 is 0 Å². The number of hydrogen-bond donors (Lipinski definition) is 0. The molecular weight excluding hydrogens is 408 g/mol. The van der Waals surface area contributed by atoms with Crippen LogP contribution in [-0.2, 0) is 13.2 Å². The number of pyridine rings is 1. The van der Waals surface area contributed by atoms with E-state index in [0.29, 0.717) is 5.69 Å². The second-order valence-corrected chi connectivity index (χ2v) is 9.03. The maximum Gasteiger partial charge on any atom is 0.224 e. The van der Waals surface area contributed by atoms with Gasteiger partial charge in [0.1, 0.15) is 12.7 Å². The lowest BCUT2D eigenvalue weighted by molar-refractivity contribution is 0.298. The maximum atomic E-state index is 12.3. The fraction of sp³-hybridized carbons (Fsp3) is 0.586. The van der Waals surface area contributed by atoms with Crippen LogP contribution in [0.15, 0.2) is 47.4 Å². The Balaban J connectivity index is 1.62. The standard InChI is InChI=1S/C29H42N2O2/c1-2-3-4-5-6-7-8-9-10-11-12-13-14-18-22-31-23-21-28(32)29(27(31)24-30)33-25-26-19-16-15-17-20-26/h15-17,19-21,23H,2-14,18,22,25H2,1H3. The second-order valence-electron chi connectivity index (χ2n) is 9.03. The van der Waals surface area contributed by atoms with Gasteiger partial charge in [0.05, 0.1) is 0 Å². The Morgan fingerprint density at radius 2 is 1.33 bits per heavy atom. The predicted molar refractivity (Wildman–Crippen MR) is 137 cm³/mol. The molecule has 0 radical (unpaired) electrons. The highest BCUT2D eigenvalue weighted by Gasteiger charge is 2.12. The lowest BCUT2D eigenvalue weighted by atomic mass is 10.0. The van der Waals surface area contributed by atoms with E-state index in [4.69, 9.17) is 4.74 Å². The first kappa shape index (κ1) is 26.7. The monoisotopic (exact) mass is 450 g/mol. The number of hydrogen-bond acceptors (Lipinski definition) is 3. The van der Waals surface area contributed by atoms with Gasteiger partial charge >= 0.3 is 0 Å². The van der Waals surface area contributed by atoms with Crippen LogP contribution in [-0.4, -0.2) is 4.57 Å². The van der Waals surface area contributed by atoms with Crippen molar-refractivity contribution >= 4 is 0 Å². The van der Waals surface area contributed by atoms with Crippen LogP contribution in [0.1, 0.15) is 108 Å². The Kier molecular flexibility index (Phi) is 13.8. The summed E-state index contributed by atoms with van der Waals surface area (Å²) in [7, 11) is 0. The molecule has 0 atom stereocenters. The Labute approximate surface area is 200 Å². The first-order chi connectivity index (χ1) is 16.3. The van der Waals surface area contributed by atoms with Crippen LogP contribution in [0.5, 0.6) is 5.75 Å². The van der Waals surface area contributed by atoms with Crippen LogP contribution in [0.25, 0.3) is 0 Å². The minimum atomic E-state index is -0.236. The topological polar surface area (TPSA) is 55.0 Å². The zero-order valence-electron chi connectivity index (χ0n) is 20.6. The molecule has 4 nitrogen and oxygen atoms in total. The van der Waals surface area contributed by atoms with E-state index in [1.54, 1.807) is 6.20 Å². The Bertz CT molecular complexity index is 867. The van der Waals surface area contributed by atoms with Crippen molar-refractivity contribution in [1.29, 1.82) is 5.26 Å². The maximum absolute atomic E-state index is 12.3. The average molecular weight is 451 g/mol. The van der Waals surface area contributed by atoms with E-state index in [2.05, 4.69) is 13.0 Å². The Morgan fingerprint density at radius 1 is 0.788 bits per heavy atom. The summed E-state index contributed by atoms with van der Waals surface area (Å²) < 4.78 is 7.62. The van der Waals surface area contributed by atoms with E-state index in [-0.39, 0.29) is 17.8 Å². The number of unbranched alkanes of at least 4 members (excludes halogenated alkanes) is 13. The van der Waals surface area contributed by atoms with Gasteiger partial charge in [0, 0.05) is 18.8 Å². The normalized spacial score (nSPS) is 10.8. The zero-order chi connectivity index (χ0) is 23.6. The van der Waals surface area contributed by atoms with Crippen LogP contribution in [0.3, 0.4) is 0 Å². The minimum Gasteiger partial charge on any atom is -0.482 e. The highest BCUT2D eigenvalue weighted by atomic mass is 16.5. The third-order valence-corrected chi connectivity index (χ3v) is 6.22. The molecule has 1 aromatic heterocycles. The first-order valence-electron chi connectivity index (χ1n) is 13.1. The third kappa shape index (κ3) is 10.7. The number of ether oxygens (including phenoxy) is 1. The smallest absolute Gasteiger partial charge is 0.224 e. The number of aryl methyl sites for hydroxylation is 1. The molecule has 0 saturated carbocycles. The largest absolute Gasteiger partial charge is 0.482 e. The molecule has 2 aromatic rings. The summed E-state index contributed by atoms with van der Waals surface area (Å²) >= 11 is 0. The molecule has 1 heterocycles. The molecule has 0 N–H and O–H groups in total. The fourth-order valence-electron chi connectivity index (χ4n) is 4.20. The highest BCUT2D eigenvalue weighted by Crippen LogP contribution is 2.17. The molecule has 0 aliphatic heterocycles. The molecule has 0 aliphatic carbocycles. The van der Waals surface area contributed by atoms with Crippen LogP contribution < -0.4 is 10.2 Å². The van der Waals surface area contributed by atoms with Crippen molar-refractivity contribution in [1.82, 2.24) is 4.57 Å². The summed E-state index contributed by atoms with van der Waals surface area (Å²) in [6.45, 7) is 3.29. The van der Waals surface area contributed by atoms with Gasteiger partial charge in [0.15, 0.2) is 5.69 Å². The average Bonchev–Trinajstić information content (AvgIpc) is 2.84. The van der Waals surface area contributed by atoms with Crippen molar-refractivity contribution in [3.8, 4) is 11.8 Å². The molecular formula is C29H42N2O2. The van der Waals surface area contributed by atoms with Gasteiger partial charge in [-0.1, -0.05) is 121 Å². The predicted octanol–water partition coefficient (Wildman–Crippen LogP) is 7.78. The molecule has 0 amide bonds. The fourth-order valence-corrected chi connectivity index (χ4v) is 4.20. The highest BCUT2D eigenvalue weighted by molar-refractivity contribution is 5.38. The van der Waals surface area contributed by atoms with Crippen molar-refractivity contribution in [3.63, 3.8) is 0 Å². The van der Waals surface area contributed by atoms with Crippen molar-refractivity contribution in [2.45, 2.75) is 110 Å². The molecule has 0 unspecified atom stereocenters.